The molecule has 2 fully saturated rings. The highest BCUT2D eigenvalue weighted by molar-refractivity contribution is 9.10. The van der Waals surface area contributed by atoms with Gasteiger partial charge < -0.3 is 10.2 Å². The second-order valence-corrected chi connectivity index (χ2v) is 9.50. The number of hydrogen-bond donors (Lipinski definition) is 1. The van der Waals surface area contributed by atoms with Gasteiger partial charge in [-0.25, -0.2) is 4.39 Å². The lowest BCUT2D eigenvalue weighted by atomic mass is 9.83. The van der Waals surface area contributed by atoms with Gasteiger partial charge in [0.05, 0.1) is 0 Å². The SMILES string of the molecule is CCN[C@H]1CC[C@@H](CCCN2CCC(Cc3cc(F)ccc3Br)CC2)CC1. The minimum Gasteiger partial charge on any atom is -0.314 e. The zero-order valence-corrected chi connectivity index (χ0v) is 18.4. The van der Waals surface area contributed by atoms with Crippen LogP contribution in [0.15, 0.2) is 22.7 Å². The average Bonchev–Trinajstić information content (AvgIpc) is 2.68. The molecule has 0 spiro atoms. The van der Waals surface area contributed by atoms with Crippen LogP contribution in [0.2, 0.25) is 0 Å². The van der Waals surface area contributed by atoms with E-state index < -0.39 is 0 Å². The maximum Gasteiger partial charge on any atom is 0.123 e. The van der Waals surface area contributed by atoms with Crippen molar-refractivity contribution in [2.24, 2.45) is 11.8 Å². The third-order valence-corrected chi connectivity index (χ3v) is 7.42. The molecule has 1 saturated carbocycles. The van der Waals surface area contributed by atoms with Crippen LogP contribution < -0.4 is 5.32 Å². The van der Waals surface area contributed by atoms with E-state index in [0.717, 1.165) is 35.0 Å². The van der Waals surface area contributed by atoms with Crippen molar-refractivity contribution in [3.05, 3.63) is 34.1 Å². The van der Waals surface area contributed by atoms with Gasteiger partial charge in [-0.1, -0.05) is 22.9 Å². The van der Waals surface area contributed by atoms with Gasteiger partial charge in [-0.3, -0.25) is 0 Å². The largest absolute Gasteiger partial charge is 0.314 e. The summed E-state index contributed by atoms with van der Waals surface area (Å²) in [5.41, 5.74) is 1.13. The van der Waals surface area contributed by atoms with Crippen molar-refractivity contribution < 1.29 is 4.39 Å². The van der Waals surface area contributed by atoms with Gasteiger partial charge in [0.25, 0.3) is 0 Å². The molecule has 0 bridgehead atoms. The van der Waals surface area contributed by atoms with E-state index in [9.17, 15) is 4.39 Å². The standard InChI is InChI=1S/C23H36BrFN2/c1-2-26-22-8-5-18(6-9-22)4-3-13-27-14-11-19(12-15-27)16-20-17-21(25)7-10-23(20)24/h7,10,17-19,22,26H,2-6,8-9,11-16H2,1H3/t18-,22+. The van der Waals surface area contributed by atoms with Crippen LogP contribution in [0.5, 0.6) is 0 Å². The van der Waals surface area contributed by atoms with Crippen LogP contribution in [0, 0.1) is 17.7 Å². The number of likely N-dealkylation sites (tertiary alicyclic amines) is 1. The molecule has 1 saturated heterocycles. The summed E-state index contributed by atoms with van der Waals surface area (Å²) in [6, 6.07) is 5.85. The number of nitrogens with zero attached hydrogens (tertiary/aromatic N) is 1. The fourth-order valence-corrected chi connectivity index (χ4v) is 5.38. The van der Waals surface area contributed by atoms with E-state index >= 15 is 0 Å². The summed E-state index contributed by atoms with van der Waals surface area (Å²) in [6.45, 7) is 7.02. The van der Waals surface area contributed by atoms with Crippen LogP contribution in [-0.2, 0) is 6.42 Å². The van der Waals surface area contributed by atoms with Crippen LogP contribution in [-0.4, -0.2) is 37.1 Å². The van der Waals surface area contributed by atoms with Gasteiger partial charge in [-0.15, -0.1) is 0 Å². The molecule has 1 heterocycles. The first-order valence-corrected chi connectivity index (χ1v) is 11.8. The van der Waals surface area contributed by atoms with E-state index in [4.69, 9.17) is 0 Å². The van der Waals surface area contributed by atoms with E-state index in [1.54, 1.807) is 6.07 Å². The molecule has 0 atom stereocenters. The summed E-state index contributed by atoms with van der Waals surface area (Å²) in [6.07, 6.45) is 11.9. The predicted molar refractivity (Wildman–Crippen MR) is 116 cm³/mol. The van der Waals surface area contributed by atoms with Crippen LogP contribution >= 0.6 is 15.9 Å². The highest BCUT2D eigenvalue weighted by Crippen LogP contribution is 2.29. The predicted octanol–water partition coefficient (Wildman–Crippen LogP) is 5.79. The van der Waals surface area contributed by atoms with Crippen molar-refractivity contribution >= 4 is 15.9 Å². The number of nitrogens with one attached hydrogen (secondary N) is 1. The van der Waals surface area contributed by atoms with Gasteiger partial charge in [0.1, 0.15) is 5.82 Å². The molecule has 1 aromatic carbocycles. The Morgan fingerprint density at radius 2 is 1.81 bits per heavy atom. The van der Waals surface area contributed by atoms with Gasteiger partial charge >= 0.3 is 0 Å². The summed E-state index contributed by atoms with van der Waals surface area (Å²) < 4.78 is 14.5. The number of halogens is 2. The maximum atomic E-state index is 13.5. The van der Waals surface area contributed by atoms with Crippen molar-refractivity contribution in [1.82, 2.24) is 10.2 Å². The first kappa shape index (κ1) is 21.3. The number of hydrogen-bond acceptors (Lipinski definition) is 2. The molecule has 1 aromatic rings. The van der Waals surface area contributed by atoms with Crippen molar-refractivity contribution in [1.29, 1.82) is 0 Å². The molecular formula is C23H36BrFN2. The molecule has 1 aliphatic heterocycles. The summed E-state index contributed by atoms with van der Waals surface area (Å²) in [4.78, 5) is 2.65. The van der Waals surface area contributed by atoms with Crippen LogP contribution in [0.25, 0.3) is 0 Å². The Hall–Kier alpha value is -0.450. The highest BCUT2D eigenvalue weighted by Gasteiger charge is 2.22. The van der Waals surface area contributed by atoms with Gasteiger partial charge in [0.2, 0.25) is 0 Å². The Morgan fingerprint density at radius 1 is 1.07 bits per heavy atom. The van der Waals surface area contributed by atoms with Crippen molar-refractivity contribution in [2.45, 2.75) is 70.8 Å². The Balaban J connectivity index is 1.30. The lowest BCUT2D eigenvalue weighted by Gasteiger charge is -2.33. The molecule has 1 N–H and O–H groups in total. The second-order valence-electron chi connectivity index (χ2n) is 8.64. The van der Waals surface area contributed by atoms with Gasteiger partial charge in [-0.05, 0) is 120 Å². The van der Waals surface area contributed by atoms with Gasteiger partial charge in [0, 0.05) is 10.5 Å². The molecule has 3 rings (SSSR count). The monoisotopic (exact) mass is 438 g/mol. The molecule has 0 unspecified atom stereocenters. The summed E-state index contributed by atoms with van der Waals surface area (Å²) in [5, 5.41) is 3.61. The summed E-state index contributed by atoms with van der Waals surface area (Å²) in [5.74, 6) is 1.54. The fourth-order valence-electron chi connectivity index (χ4n) is 4.97. The summed E-state index contributed by atoms with van der Waals surface area (Å²) >= 11 is 3.57. The molecule has 4 heteroatoms. The van der Waals surface area contributed by atoms with Crippen molar-refractivity contribution in [3.63, 3.8) is 0 Å². The second kappa shape index (κ2) is 10.9. The van der Waals surface area contributed by atoms with E-state index in [-0.39, 0.29) is 5.82 Å². The van der Waals surface area contributed by atoms with Crippen LogP contribution in [0.4, 0.5) is 4.39 Å². The van der Waals surface area contributed by atoms with Crippen LogP contribution in [0.1, 0.15) is 63.9 Å². The fraction of sp³-hybridized carbons (Fsp3) is 0.739. The van der Waals surface area contributed by atoms with Gasteiger partial charge in [-0.2, -0.15) is 0 Å². The number of benzene rings is 1. The molecule has 2 aliphatic rings. The van der Waals surface area contributed by atoms with Crippen molar-refractivity contribution in [3.8, 4) is 0 Å². The minimum atomic E-state index is -0.120. The maximum absolute atomic E-state index is 13.5. The van der Waals surface area contributed by atoms with E-state index in [2.05, 4.69) is 33.1 Å². The van der Waals surface area contributed by atoms with Gasteiger partial charge in [0.15, 0.2) is 0 Å². The smallest absolute Gasteiger partial charge is 0.123 e. The Morgan fingerprint density at radius 3 is 2.52 bits per heavy atom. The average molecular weight is 439 g/mol. The molecule has 2 nitrogen and oxygen atoms in total. The zero-order chi connectivity index (χ0) is 19.1. The minimum absolute atomic E-state index is 0.120. The molecule has 0 amide bonds. The molecule has 27 heavy (non-hydrogen) atoms. The normalized spacial score (nSPS) is 25.0. The Labute approximate surface area is 173 Å². The lowest BCUT2D eigenvalue weighted by molar-refractivity contribution is 0.174. The molecule has 152 valence electrons. The van der Waals surface area contributed by atoms with Crippen molar-refractivity contribution in [2.75, 3.05) is 26.2 Å². The third kappa shape index (κ3) is 6.83. The van der Waals surface area contributed by atoms with E-state index in [1.807, 2.05) is 6.07 Å². The lowest BCUT2D eigenvalue weighted by Crippen LogP contribution is -2.35. The van der Waals surface area contributed by atoms with Crippen LogP contribution in [0.3, 0.4) is 0 Å². The summed E-state index contributed by atoms with van der Waals surface area (Å²) in [7, 11) is 0. The first-order chi connectivity index (χ1) is 13.1. The molecular weight excluding hydrogens is 403 g/mol. The zero-order valence-electron chi connectivity index (χ0n) is 16.9. The Bertz CT molecular complexity index is 563. The topological polar surface area (TPSA) is 15.3 Å². The quantitative estimate of drug-likeness (QED) is 0.552. The number of piperidine rings is 1. The molecule has 1 aliphatic carbocycles. The van der Waals surface area contributed by atoms with E-state index in [1.165, 1.54) is 77.1 Å². The molecule has 0 radical (unpaired) electrons. The third-order valence-electron chi connectivity index (χ3n) is 6.65. The first-order valence-electron chi connectivity index (χ1n) is 11.0. The highest BCUT2D eigenvalue weighted by atomic mass is 79.9. The molecule has 0 aromatic heterocycles. The van der Waals surface area contributed by atoms with E-state index in [0.29, 0.717) is 5.92 Å². The Kier molecular flexibility index (Phi) is 8.60. The number of rotatable bonds is 8.